The maximum absolute atomic E-state index is 14.2. The van der Waals surface area contributed by atoms with Crippen molar-refractivity contribution >= 4 is 22.8 Å². The number of carboxylic acid groups (broad SMARTS) is 1. The fraction of sp³-hybridized carbons (Fsp3) is 0.273. The second-order valence-corrected chi connectivity index (χ2v) is 6.88. The Hall–Kier alpha value is -3.35. The van der Waals surface area contributed by atoms with E-state index in [1.165, 1.54) is 20.1 Å². The number of benzene rings is 2. The van der Waals surface area contributed by atoms with Gasteiger partial charge < -0.3 is 19.1 Å². The van der Waals surface area contributed by atoms with Gasteiger partial charge in [-0.25, -0.2) is 14.0 Å². The molecule has 7 heteroatoms. The lowest BCUT2D eigenvalue weighted by molar-refractivity contribution is -0.148. The van der Waals surface area contributed by atoms with Gasteiger partial charge in [-0.15, -0.1) is 0 Å². The van der Waals surface area contributed by atoms with Crippen molar-refractivity contribution in [2.45, 2.75) is 33.4 Å². The summed E-state index contributed by atoms with van der Waals surface area (Å²) in [6.07, 6.45) is -0.935. The van der Waals surface area contributed by atoms with Crippen LogP contribution >= 0.6 is 0 Å². The number of nitrogens with zero attached hydrogens (tertiary/aromatic N) is 1. The maximum Gasteiger partial charge on any atom is 0.346 e. The Labute approximate surface area is 167 Å². The predicted molar refractivity (Wildman–Crippen MR) is 106 cm³/mol. The Kier molecular flexibility index (Phi) is 5.59. The van der Waals surface area contributed by atoms with Gasteiger partial charge in [0.25, 0.3) is 0 Å². The van der Waals surface area contributed by atoms with Gasteiger partial charge in [0.2, 0.25) is 0 Å². The zero-order valence-electron chi connectivity index (χ0n) is 16.7. The first-order valence-electron chi connectivity index (χ1n) is 9.08. The lowest BCUT2D eigenvalue weighted by Crippen LogP contribution is -2.25. The van der Waals surface area contributed by atoms with Gasteiger partial charge in [0.05, 0.1) is 12.7 Å². The Balaban J connectivity index is 1.97. The van der Waals surface area contributed by atoms with Crippen molar-refractivity contribution in [2.24, 2.45) is 0 Å². The van der Waals surface area contributed by atoms with Crippen molar-refractivity contribution < 1.29 is 28.6 Å². The Morgan fingerprint density at radius 2 is 1.90 bits per heavy atom. The minimum absolute atomic E-state index is 0.0283. The van der Waals surface area contributed by atoms with Crippen molar-refractivity contribution in [3.8, 4) is 5.75 Å². The molecule has 1 atom stereocenters. The molecule has 3 aromatic rings. The third-order valence-corrected chi connectivity index (χ3v) is 5.06. The summed E-state index contributed by atoms with van der Waals surface area (Å²) < 4.78 is 26.2. The molecule has 29 heavy (non-hydrogen) atoms. The van der Waals surface area contributed by atoms with Crippen molar-refractivity contribution in [1.29, 1.82) is 0 Å². The van der Waals surface area contributed by atoms with E-state index in [0.717, 1.165) is 27.7 Å². The number of ether oxygens (including phenoxy) is 2. The van der Waals surface area contributed by atoms with Gasteiger partial charge in [-0.1, -0.05) is 6.07 Å². The molecular formula is C22H22FNO5. The fourth-order valence-corrected chi connectivity index (χ4v) is 3.31. The summed E-state index contributed by atoms with van der Waals surface area (Å²) in [6.45, 7) is 5.82. The summed E-state index contributed by atoms with van der Waals surface area (Å²) in [4.78, 5) is 22.8. The lowest BCUT2D eigenvalue weighted by atomic mass is 10.1. The number of methoxy groups -OCH3 is 1. The first-order valence-corrected chi connectivity index (χ1v) is 9.08. The summed E-state index contributed by atoms with van der Waals surface area (Å²) in [6, 6.07) is 9.51. The van der Waals surface area contributed by atoms with Crippen LogP contribution in [0.5, 0.6) is 5.75 Å². The van der Waals surface area contributed by atoms with Crippen LogP contribution in [0, 0.1) is 19.7 Å². The molecule has 0 saturated carbocycles. The molecule has 1 aromatic heterocycles. The number of halogens is 1. The van der Waals surface area contributed by atoms with Gasteiger partial charge in [-0.05, 0) is 62.2 Å². The number of aromatic nitrogens is 1. The number of aryl methyl sites for hydroxylation is 1. The van der Waals surface area contributed by atoms with E-state index in [4.69, 9.17) is 4.74 Å². The number of aromatic carboxylic acids is 1. The highest BCUT2D eigenvalue weighted by Crippen LogP contribution is 2.28. The number of carboxylic acids is 1. The third kappa shape index (κ3) is 3.94. The van der Waals surface area contributed by atoms with Crippen LogP contribution < -0.4 is 4.74 Å². The number of rotatable bonds is 6. The van der Waals surface area contributed by atoms with Crippen LogP contribution in [0.3, 0.4) is 0 Å². The average Bonchev–Trinajstić information content (AvgIpc) is 2.94. The van der Waals surface area contributed by atoms with Crippen molar-refractivity contribution in [3.05, 3.63) is 64.6 Å². The molecule has 0 aliphatic rings. The fourth-order valence-electron chi connectivity index (χ4n) is 3.31. The molecule has 3 rings (SSSR count). The standard InChI is InChI=1S/C22H22FNO5/c1-12-13(2)24(19-8-6-16(21(25)26)10-17(12)19)11-15-5-7-18(23)20(9-15)29-14(3)22(27)28-4/h5-10,14H,11H2,1-4H3,(H,25,26)/t14-/m0/s1. The van der Waals surface area contributed by atoms with E-state index in [9.17, 15) is 19.1 Å². The van der Waals surface area contributed by atoms with Gasteiger partial charge in [0, 0.05) is 23.1 Å². The number of fused-ring (bicyclic) bond motifs is 1. The highest BCUT2D eigenvalue weighted by atomic mass is 19.1. The number of carbonyl (C=O) groups excluding carboxylic acids is 1. The molecule has 1 heterocycles. The van der Waals surface area contributed by atoms with Crippen LogP contribution in [0.2, 0.25) is 0 Å². The molecule has 0 amide bonds. The zero-order valence-corrected chi connectivity index (χ0v) is 16.7. The van der Waals surface area contributed by atoms with E-state index in [1.54, 1.807) is 30.3 Å². The highest BCUT2D eigenvalue weighted by Gasteiger charge is 2.18. The Bertz CT molecular complexity index is 1100. The van der Waals surface area contributed by atoms with Gasteiger partial charge in [-0.3, -0.25) is 0 Å². The smallest absolute Gasteiger partial charge is 0.346 e. The second kappa shape index (κ2) is 7.95. The Morgan fingerprint density at radius 3 is 2.55 bits per heavy atom. The van der Waals surface area contributed by atoms with E-state index in [-0.39, 0.29) is 11.3 Å². The first-order chi connectivity index (χ1) is 13.7. The van der Waals surface area contributed by atoms with Crippen LogP contribution in [0.15, 0.2) is 36.4 Å². The molecule has 152 valence electrons. The summed E-state index contributed by atoms with van der Waals surface area (Å²) in [5, 5.41) is 10.1. The normalized spacial score (nSPS) is 12.0. The monoisotopic (exact) mass is 399 g/mol. The molecule has 6 nitrogen and oxygen atoms in total. The topological polar surface area (TPSA) is 77.8 Å². The lowest BCUT2D eigenvalue weighted by Gasteiger charge is -2.15. The third-order valence-electron chi connectivity index (χ3n) is 5.06. The highest BCUT2D eigenvalue weighted by molar-refractivity contribution is 5.95. The van der Waals surface area contributed by atoms with Crippen molar-refractivity contribution in [2.75, 3.05) is 7.11 Å². The first kappa shape index (κ1) is 20.4. The van der Waals surface area contributed by atoms with E-state index < -0.39 is 23.9 Å². The van der Waals surface area contributed by atoms with Crippen LogP contribution in [-0.2, 0) is 16.1 Å². The van der Waals surface area contributed by atoms with Crippen LogP contribution in [0.4, 0.5) is 4.39 Å². The summed E-state index contributed by atoms with van der Waals surface area (Å²) in [5.74, 6) is -2.16. The minimum atomic E-state index is -0.975. The van der Waals surface area contributed by atoms with Gasteiger partial charge in [-0.2, -0.15) is 0 Å². The molecule has 0 spiro atoms. The number of hydrogen-bond donors (Lipinski definition) is 1. The largest absolute Gasteiger partial charge is 0.478 e. The van der Waals surface area contributed by atoms with Crippen molar-refractivity contribution in [3.63, 3.8) is 0 Å². The van der Waals surface area contributed by atoms with E-state index in [2.05, 4.69) is 4.74 Å². The molecule has 0 bridgehead atoms. The quantitative estimate of drug-likeness (QED) is 0.632. The molecular weight excluding hydrogens is 377 g/mol. The Morgan fingerprint density at radius 1 is 1.17 bits per heavy atom. The van der Waals surface area contributed by atoms with Crippen molar-refractivity contribution in [1.82, 2.24) is 4.57 Å². The molecule has 0 fully saturated rings. The number of esters is 1. The predicted octanol–water partition coefficient (Wildman–Crippen LogP) is 4.08. The summed E-state index contributed by atoms with van der Waals surface area (Å²) in [5.41, 5.74) is 3.87. The number of carbonyl (C=O) groups is 2. The van der Waals surface area contributed by atoms with Gasteiger partial charge >= 0.3 is 11.9 Å². The number of hydrogen-bond acceptors (Lipinski definition) is 4. The summed E-state index contributed by atoms with van der Waals surface area (Å²) in [7, 11) is 1.24. The maximum atomic E-state index is 14.2. The molecule has 0 radical (unpaired) electrons. The van der Waals surface area contributed by atoms with Crippen LogP contribution in [0.25, 0.3) is 10.9 Å². The summed E-state index contributed by atoms with van der Waals surface area (Å²) >= 11 is 0. The van der Waals surface area contributed by atoms with Crippen LogP contribution in [0.1, 0.15) is 34.1 Å². The molecule has 2 aromatic carbocycles. The van der Waals surface area contributed by atoms with E-state index in [1.807, 2.05) is 18.4 Å². The molecule has 0 aliphatic heterocycles. The van der Waals surface area contributed by atoms with Gasteiger partial charge in [0.1, 0.15) is 0 Å². The van der Waals surface area contributed by atoms with E-state index >= 15 is 0 Å². The molecule has 1 N–H and O–H groups in total. The van der Waals surface area contributed by atoms with Crippen LogP contribution in [-0.4, -0.2) is 34.8 Å². The zero-order chi connectivity index (χ0) is 21.3. The minimum Gasteiger partial charge on any atom is -0.478 e. The molecule has 0 saturated heterocycles. The average molecular weight is 399 g/mol. The molecule has 0 aliphatic carbocycles. The second-order valence-electron chi connectivity index (χ2n) is 6.88. The molecule has 0 unspecified atom stereocenters. The van der Waals surface area contributed by atoms with E-state index in [0.29, 0.717) is 6.54 Å². The SMILES string of the molecule is COC(=O)[C@H](C)Oc1cc(Cn2c(C)c(C)c3cc(C(=O)O)ccc32)ccc1F. The van der Waals surface area contributed by atoms with Gasteiger partial charge in [0.15, 0.2) is 17.7 Å².